The molecule has 0 saturated heterocycles. The van der Waals surface area contributed by atoms with E-state index in [0.717, 1.165) is 22.8 Å². The summed E-state index contributed by atoms with van der Waals surface area (Å²) in [6.45, 7) is 4.27. The third-order valence-corrected chi connectivity index (χ3v) is 5.12. The smallest absolute Gasteiger partial charge is 0.262 e. The average molecular weight is 415 g/mol. The molecule has 0 aliphatic carbocycles. The van der Waals surface area contributed by atoms with Crippen LogP contribution in [0.4, 0.5) is 0 Å². The highest BCUT2D eigenvalue weighted by atomic mass is 16.5. The normalized spacial score (nSPS) is 12.1. The van der Waals surface area contributed by atoms with Crippen LogP contribution in [0.25, 0.3) is 16.8 Å². The second-order valence-electron chi connectivity index (χ2n) is 7.29. The summed E-state index contributed by atoms with van der Waals surface area (Å²) >= 11 is 0. The molecule has 3 aromatic rings. The van der Waals surface area contributed by atoms with Crippen LogP contribution in [0.3, 0.4) is 0 Å². The molecular formula is C26H26N2O3. The minimum absolute atomic E-state index is 0.00336. The summed E-state index contributed by atoms with van der Waals surface area (Å²) in [4.78, 5) is 12.3. The Morgan fingerprint density at radius 3 is 2.65 bits per heavy atom. The zero-order valence-corrected chi connectivity index (χ0v) is 18.0. The van der Waals surface area contributed by atoms with Crippen LogP contribution in [0, 0.1) is 11.3 Å². The van der Waals surface area contributed by atoms with E-state index in [1.165, 1.54) is 0 Å². The maximum Gasteiger partial charge on any atom is 0.262 e. The van der Waals surface area contributed by atoms with Gasteiger partial charge in [0.1, 0.15) is 18.2 Å². The van der Waals surface area contributed by atoms with Gasteiger partial charge in [0, 0.05) is 6.04 Å². The molecule has 0 unspecified atom stereocenters. The van der Waals surface area contributed by atoms with Gasteiger partial charge in [-0.1, -0.05) is 55.5 Å². The fourth-order valence-corrected chi connectivity index (χ4v) is 3.19. The van der Waals surface area contributed by atoms with E-state index in [4.69, 9.17) is 9.47 Å². The molecule has 0 heterocycles. The number of methoxy groups -OCH3 is 1. The largest absolute Gasteiger partial charge is 0.493 e. The lowest BCUT2D eigenvalue weighted by Crippen LogP contribution is -2.32. The van der Waals surface area contributed by atoms with Gasteiger partial charge in [-0.2, -0.15) is 5.26 Å². The van der Waals surface area contributed by atoms with Crippen LogP contribution in [0.2, 0.25) is 0 Å². The summed E-state index contributed by atoms with van der Waals surface area (Å²) in [6.07, 6.45) is 2.34. The monoisotopic (exact) mass is 414 g/mol. The number of rotatable bonds is 8. The highest BCUT2D eigenvalue weighted by molar-refractivity contribution is 6.01. The van der Waals surface area contributed by atoms with E-state index in [1.54, 1.807) is 31.4 Å². The van der Waals surface area contributed by atoms with Gasteiger partial charge in [-0.25, -0.2) is 0 Å². The summed E-state index contributed by atoms with van der Waals surface area (Å²) in [5.74, 6) is 0.746. The summed E-state index contributed by atoms with van der Waals surface area (Å²) in [5.41, 5.74) is 1.81. The van der Waals surface area contributed by atoms with Crippen LogP contribution in [-0.4, -0.2) is 19.1 Å². The number of amides is 1. The van der Waals surface area contributed by atoms with Gasteiger partial charge in [0.15, 0.2) is 11.5 Å². The van der Waals surface area contributed by atoms with Crippen molar-refractivity contribution in [3.8, 4) is 17.6 Å². The van der Waals surface area contributed by atoms with Crippen molar-refractivity contribution in [2.24, 2.45) is 0 Å². The third kappa shape index (κ3) is 5.43. The first kappa shape index (κ1) is 21.9. The lowest BCUT2D eigenvalue weighted by Gasteiger charge is -2.13. The van der Waals surface area contributed by atoms with Crippen molar-refractivity contribution in [2.45, 2.75) is 32.9 Å². The van der Waals surface area contributed by atoms with Crippen molar-refractivity contribution in [2.75, 3.05) is 7.11 Å². The molecule has 5 nitrogen and oxygen atoms in total. The molecule has 0 saturated carbocycles. The molecule has 1 N–H and O–H groups in total. The van der Waals surface area contributed by atoms with Crippen LogP contribution in [0.1, 0.15) is 31.4 Å². The van der Waals surface area contributed by atoms with Crippen molar-refractivity contribution in [3.05, 3.63) is 77.4 Å². The fourth-order valence-electron chi connectivity index (χ4n) is 3.19. The number of nitrogens with one attached hydrogen (secondary N) is 1. The van der Waals surface area contributed by atoms with Crippen LogP contribution in [-0.2, 0) is 11.4 Å². The van der Waals surface area contributed by atoms with E-state index in [-0.39, 0.29) is 17.5 Å². The van der Waals surface area contributed by atoms with Gasteiger partial charge in [-0.05, 0) is 53.5 Å². The van der Waals surface area contributed by atoms with Crippen molar-refractivity contribution in [1.29, 1.82) is 5.26 Å². The molecule has 5 heteroatoms. The summed E-state index contributed by atoms with van der Waals surface area (Å²) < 4.78 is 11.5. The zero-order chi connectivity index (χ0) is 22.2. The van der Waals surface area contributed by atoms with Crippen molar-refractivity contribution in [1.82, 2.24) is 5.32 Å². The maximum atomic E-state index is 12.3. The Balaban J connectivity index is 1.79. The summed E-state index contributed by atoms with van der Waals surface area (Å²) in [5, 5.41) is 14.5. The molecule has 0 aliphatic rings. The van der Waals surface area contributed by atoms with Crippen LogP contribution < -0.4 is 14.8 Å². The Morgan fingerprint density at radius 2 is 1.90 bits per heavy atom. The highest BCUT2D eigenvalue weighted by Crippen LogP contribution is 2.30. The molecule has 0 spiro atoms. The molecule has 0 aliphatic heterocycles. The molecule has 3 aromatic carbocycles. The molecule has 0 fully saturated rings. The Morgan fingerprint density at radius 1 is 1.13 bits per heavy atom. The van der Waals surface area contributed by atoms with Crippen LogP contribution in [0.15, 0.2) is 66.2 Å². The van der Waals surface area contributed by atoms with E-state index in [0.29, 0.717) is 23.7 Å². The second-order valence-corrected chi connectivity index (χ2v) is 7.29. The number of hydrogen-bond donors (Lipinski definition) is 1. The number of fused-ring (bicyclic) bond motifs is 1. The molecule has 0 radical (unpaired) electrons. The fraction of sp³-hybridized carbons (Fsp3) is 0.231. The second kappa shape index (κ2) is 10.3. The highest BCUT2D eigenvalue weighted by Gasteiger charge is 2.13. The number of carbonyl (C=O) groups is 1. The summed E-state index contributed by atoms with van der Waals surface area (Å²) in [6, 6.07) is 21.6. The first-order valence-corrected chi connectivity index (χ1v) is 10.3. The molecule has 0 aromatic heterocycles. The van der Waals surface area contributed by atoms with E-state index >= 15 is 0 Å². The third-order valence-electron chi connectivity index (χ3n) is 5.12. The van der Waals surface area contributed by atoms with Crippen molar-refractivity contribution >= 4 is 22.8 Å². The van der Waals surface area contributed by atoms with E-state index in [2.05, 4.69) is 23.5 Å². The van der Waals surface area contributed by atoms with Gasteiger partial charge in [-0.3, -0.25) is 4.79 Å². The Labute approximate surface area is 182 Å². The number of hydrogen-bond acceptors (Lipinski definition) is 4. The predicted octanol–water partition coefficient (Wildman–Crippen LogP) is 5.25. The average Bonchev–Trinajstić information content (AvgIpc) is 2.81. The Hall–Kier alpha value is -3.78. The van der Waals surface area contributed by atoms with E-state index in [9.17, 15) is 10.1 Å². The van der Waals surface area contributed by atoms with Gasteiger partial charge in [0.05, 0.1) is 7.11 Å². The lowest BCUT2D eigenvalue weighted by molar-refractivity contribution is -0.117. The molecule has 31 heavy (non-hydrogen) atoms. The topological polar surface area (TPSA) is 71.4 Å². The van der Waals surface area contributed by atoms with Crippen LogP contribution in [0.5, 0.6) is 11.5 Å². The van der Waals surface area contributed by atoms with Crippen molar-refractivity contribution in [3.63, 3.8) is 0 Å². The SMILES string of the molecule is CC[C@H](C)NC(=O)/C(C#N)=C/c1ccc(OCc2cccc3ccccc23)c(OC)c1. The van der Waals surface area contributed by atoms with Crippen molar-refractivity contribution < 1.29 is 14.3 Å². The zero-order valence-electron chi connectivity index (χ0n) is 18.0. The van der Waals surface area contributed by atoms with Gasteiger partial charge >= 0.3 is 0 Å². The minimum Gasteiger partial charge on any atom is -0.493 e. The molecule has 3 rings (SSSR count). The lowest BCUT2D eigenvalue weighted by atomic mass is 10.1. The first-order chi connectivity index (χ1) is 15.0. The van der Waals surface area contributed by atoms with E-state index < -0.39 is 0 Å². The predicted molar refractivity (Wildman–Crippen MR) is 123 cm³/mol. The van der Waals surface area contributed by atoms with Gasteiger partial charge in [0.2, 0.25) is 0 Å². The van der Waals surface area contributed by atoms with Gasteiger partial charge in [-0.15, -0.1) is 0 Å². The van der Waals surface area contributed by atoms with E-state index in [1.807, 2.05) is 44.2 Å². The number of ether oxygens (including phenoxy) is 2. The molecule has 1 atom stereocenters. The molecule has 0 bridgehead atoms. The van der Waals surface area contributed by atoms with Gasteiger partial charge in [0.25, 0.3) is 5.91 Å². The number of nitrogens with zero attached hydrogens (tertiary/aromatic N) is 1. The standard InChI is InChI=1S/C26H26N2O3/c1-4-18(2)28-26(29)22(16-27)14-19-12-13-24(25(15-19)30-3)31-17-21-10-7-9-20-8-5-6-11-23(20)21/h5-15,18H,4,17H2,1-3H3,(H,28,29)/b22-14+/t18-/m0/s1. The Kier molecular flexibility index (Phi) is 7.29. The number of carbonyl (C=O) groups excluding carboxylic acids is 1. The number of benzene rings is 3. The quantitative estimate of drug-likeness (QED) is 0.404. The molecule has 158 valence electrons. The van der Waals surface area contributed by atoms with Crippen LogP contribution >= 0.6 is 0 Å². The maximum absolute atomic E-state index is 12.3. The molecule has 1 amide bonds. The first-order valence-electron chi connectivity index (χ1n) is 10.3. The minimum atomic E-state index is -0.382. The molecular weight excluding hydrogens is 388 g/mol. The number of nitriles is 1. The summed E-state index contributed by atoms with van der Waals surface area (Å²) in [7, 11) is 1.56. The van der Waals surface area contributed by atoms with Gasteiger partial charge < -0.3 is 14.8 Å². The Bertz CT molecular complexity index is 1140.